The minimum Gasteiger partial charge on any atom is -0.481 e. The molecule has 0 saturated carbocycles. The van der Waals surface area contributed by atoms with Crippen LogP contribution in [0.4, 0.5) is 18.9 Å². The number of nitrogens with one attached hydrogen (secondary N) is 1. The number of amides is 1. The summed E-state index contributed by atoms with van der Waals surface area (Å²) in [5, 5.41) is 11.6. The number of aliphatic carboxylic acids is 1. The number of anilines is 1. The summed E-state index contributed by atoms with van der Waals surface area (Å²) in [4.78, 5) is 24.0. The average molecular weight is 468 g/mol. The van der Waals surface area contributed by atoms with Crippen LogP contribution in [0.3, 0.4) is 0 Å². The normalized spacial score (nSPS) is 15.5. The van der Waals surface area contributed by atoms with E-state index in [-0.39, 0.29) is 23.6 Å². The summed E-state index contributed by atoms with van der Waals surface area (Å²) in [5.74, 6) is -5.13. The Kier molecular flexibility index (Phi) is 7.49. The SMILES string of the molecule is C[C@H]([C@H](C(=O)Nc1cc(CCC(=O)O)ccc1Cl)c1ccc2c(c1)CCCC2)C(F)(F)F. The summed E-state index contributed by atoms with van der Waals surface area (Å²) in [6.07, 6.45) is -0.770. The van der Waals surface area contributed by atoms with Crippen LogP contribution in [-0.2, 0) is 28.9 Å². The molecule has 0 bridgehead atoms. The summed E-state index contributed by atoms with van der Waals surface area (Å²) in [6, 6.07) is 9.79. The number of fused-ring (bicyclic) bond motifs is 1. The van der Waals surface area contributed by atoms with Gasteiger partial charge in [-0.25, -0.2) is 0 Å². The van der Waals surface area contributed by atoms with Gasteiger partial charge in [0.2, 0.25) is 5.91 Å². The topological polar surface area (TPSA) is 66.4 Å². The van der Waals surface area contributed by atoms with Crippen LogP contribution >= 0.6 is 11.6 Å². The number of aryl methyl sites for hydroxylation is 3. The molecule has 8 heteroatoms. The second kappa shape index (κ2) is 9.94. The largest absolute Gasteiger partial charge is 0.481 e. The number of benzene rings is 2. The van der Waals surface area contributed by atoms with E-state index in [1.807, 2.05) is 6.07 Å². The molecule has 3 rings (SSSR count). The Morgan fingerprint density at radius 1 is 1.09 bits per heavy atom. The molecule has 0 aliphatic heterocycles. The van der Waals surface area contributed by atoms with Crippen LogP contribution in [0.25, 0.3) is 0 Å². The maximum absolute atomic E-state index is 13.7. The fraction of sp³-hybridized carbons (Fsp3) is 0.417. The van der Waals surface area contributed by atoms with Crippen molar-refractivity contribution in [2.45, 2.75) is 57.5 Å². The lowest BCUT2D eigenvalue weighted by Gasteiger charge is -2.27. The summed E-state index contributed by atoms with van der Waals surface area (Å²) in [7, 11) is 0. The maximum atomic E-state index is 13.7. The lowest BCUT2D eigenvalue weighted by atomic mass is 9.82. The number of carboxylic acid groups (broad SMARTS) is 1. The second-order valence-electron chi connectivity index (χ2n) is 8.24. The van der Waals surface area contributed by atoms with Gasteiger partial charge in [-0.15, -0.1) is 0 Å². The molecule has 32 heavy (non-hydrogen) atoms. The van der Waals surface area contributed by atoms with E-state index in [1.165, 1.54) is 12.1 Å². The van der Waals surface area contributed by atoms with Crippen molar-refractivity contribution in [3.8, 4) is 0 Å². The number of alkyl halides is 3. The van der Waals surface area contributed by atoms with E-state index in [2.05, 4.69) is 5.32 Å². The Bertz CT molecular complexity index is 1010. The predicted molar refractivity (Wildman–Crippen MR) is 117 cm³/mol. The highest BCUT2D eigenvalue weighted by atomic mass is 35.5. The monoisotopic (exact) mass is 467 g/mol. The molecule has 0 saturated heterocycles. The lowest BCUT2D eigenvalue weighted by Crippen LogP contribution is -2.34. The van der Waals surface area contributed by atoms with Crippen molar-refractivity contribution in [2.75, 3.05) is 5.32 Å². The highest BCUT2D eigenvalue weighted by Crippen LogP contribution is 2.39. The maximum Gasteiger partial charge on any atom is 0.392 e. The lowest BCUT2D eigenvalue weighted by molar-refractivity contribution is -0.178. The van der Waals surface area contributed by atoms with Gasteiger partial charge in [0.05, 0.1) is 22.5 Å². The molecule has 4 nitrogen and oxygen atoms in total. The zero-order valence-corrected chi connectivity index (χ0v) is 18.4. The van der Waals surface area contributed by atoms with Crippen LogP contribution in [0.2, 0.25) is 5.02 Å². The van der Waals surface area contributed by atoms with Gasteiger partial charge in [0.25, 0.3) is 0 Å². The molecule has 0 fully saturated rings. The predicted octanol–water partition coefficient (Wildman–Crippen LogP) is 6.16. The minimum atomic E-state index is -4.56. The van der Waals surface area contributed by atoms with Crippen LogP contribution in [0.1, 0.15) is 54.4 Å². The Morgan fingerprint density at radius 3 is 2.44 bits per heavy atom. The highest BCUT2D eigenvalue weighted by molar-refractivity contribution is 6.33. The number of halogens is 4. The first kappa shape index (κ1) is 24.1. The van der Waals surface area contributed by atoms with Crippen LogP contribution < -0.4 is 5.32 Å². The first-order valence-corrected chi connectivity index (χ1v) is 10.9. The van der Waals surface area contributed by atoms with Crippen molar-refractivity contribution in [2.24, 2.45) is 5.92 Å². The van der Waals surface area contributed by atoms with Gasteiger partial charge < -0.3 is 10.4 Å². The summed E-state index contributed by atoms with van der Waals surface area (Å²) >= 11 is 6.16. The van der Waals surface area contributed by atoms with Crippen molar-refractivity contribution in [1.82, 2.24) is 0 Å². The number of rotatable bonds is 7. The van der Waals surface area contributed by atoms with Gasteiger partial charge in [0, 0.05) is 6.42 Å². The molecular weight excluding hydrogens is 443 g/mol. The molecule has 2 aromatic carbocycles. The third-order valence-corrected chi connectivity index (χ3v) is 6.28. The Labute approximate surface area is 189 Å². The number of carbonyl (C=O) groups is 2. The summed E-state index contributed by atoms with van der Waals surface area (Å²) < 4.78 is 41.0. The smallest absolute Gasteiger partial charge is 0.392 e. The standard InChI is InChI=1S/C24H25ClF3NO3/c1-14(24(26,27)28)22(18-9-8-16-4-2-3-5-17(16)13-18)23(32)29-20-12-15(6-10-19(20)25)7-11-21(30)31/h6,8-10,12-14,22H,2-5,7,11H2,1H3,(H,29,32)(H,30,31)/t14-,22+/m1/s1. The molecule has 2 N–H and O–H groups in total. The van der Waals surface area contributed by atoms with Gasteiger partial charge in [0.1, 0.15) is 0 Å². The second-order valence-corrected chi connectivity index (χ2v) is 8.65. The number of hydrogen-bond acceptors (Lipinski definition) is 2. The van der Waals surface area contributed by atoms with E-state index in [0.717, 1.165) is 43.7 Å². The zero-order valence-electron chi connectivity index (χ0n) is 17.6. The highest BCUT2D eigenvalue weighted by Gasteiger charge is 2.45. The summed E-state index contributed by atoms with van der Waals surface area (Å²) in [5.41, 5.74) is 3.21. The molecule has 1 aliphatic carbocycles. The molecule has 0 aromatic heterocycles. The minimum absolute atomic E-state index is 0.113. The Balaban J connectivity index is 1.91. The fourth-order valence-corrected chi connectivity index (χ4v) is 4.25. The molecule has 0 heterocycles. The van der Waals surface area contributed by atoms with Gasteiger partial charge in [-0.05, 0) is 66.5 Å². The molecule has 172 valence electrons. The van der Waals surface area contributed by atoms with E-state index in [9.17, 15) is 22.8 Å². The van der Waals surface area contributed by atoms with Crippen LogP contribution in [0, 0.1) is 5.92 Å². The molecule has 0 unspecified atom stereocenters. The van der Waals surface area contributed by atoms with E-state index in [4.69, 9.17) is 16.7 Å². The van der Waals surface area contributed by atoms with Gasteiger partial charge in [-0.1, -0.05) is 42.8 Å². The van der Waals surface area contributed by atoms with E-state index < -0.39 is 29.9 Å². The molecule has 2 aromatic rings. The third kappa shape index (κ3) is 5.82. The van der Waals surface area contributed by atoms with Gasteiger partial charge in [0.15, 0.2) is 0 Å². The van der Waals surface area contributed by atoms with Crippen molar-refractivity contribution >= 4 is 29.2 Å². The molecule has 1 aliphatic rings. The number of hydrogen-bond donors (Lipinski definition) is 2. The third-order valence-electron chi connectivity index (χ3n) is 5.95. The van der Waals surface area contributed by atoms with Gasteiger partial charge >= 0.3 is 12.1 Å². The van der Waals surface area contributed by atoms with Crippen LogP contribution in [0.5, 0.6) is 0 Å². The van der Waals surface area contributed by atoms with Crippen molar-refractivity contribution in [3.63, 3.8) is 0 Å². The van der Waals surface area contributed by atoms with E-state index in [1.54, 1.807) is 18.2 Å². The quantitative estimate of drug-likeness (QED) is 0.512. The Hall–Kier alpha value is -2.54. The molecular formula is C24H25ClF3NO3. The van der Waals surface area contributed by atoms with Crippen LogP contribution in [0.15, 0.2) is 36.4 Å². The molecule has 0 radical (unpaired) electrons. The zero-order chi connectivity index (χ0) is 23.5. The number of carbonyl (C=O) groups excluding carboxylic acids is 1. The van der Waals surface area contributed by atoms with E-state index in [0.29, 0.717) is 11.1 Å². The van der Waals surface area contributed by atoms with Crippen molar-refractivity contribution in [3.05, 3.63) is 63.7 Å². The first-order chi connectivity index (χ1) is 15.1. The fourth-order valence-electron chi connectivity index (χ4n) is 4.09. The molecule has 0 spiro atoms. The number of carboxylic acids is 1. The Morgan fingerprint density at radius 2 is 1.78 bits per heavy atom. The molecule has 1 amide bonds. The van der Waals surface area contributed by atoms with Crippen molar-refractivity contribution < 1.29 is 27.9 Å². The van der Waals surface area contributed by atoms with Gasteiger partial charge in [-0.3, -0.25) is 9.59 Å². The average Bonchev–Trinajstić information content (AvgIpc) is 2.73. The summed E-state index contributed by atoms with van der Waals surface area (Å²) in [6.45, 7) is 1.01. The van der Waals surface area contributed by atoms with E-state index >= 15 is 0 Å². The molecule has 2 atom stereocenters. The van der Waals surface area contributed by atoms with Crippen molar-refractivity contribution in [1.29, 1.82) is 0 Å². The van der Waals surface area contributed by atoms with Crippen LogP contribution in [-0.4, -0.2) is 23.2 Å². The van der Waals surface area contributed by atoms with Gasteiger partial charge in [-0.2, -0.15) is 13.2 Å². The first-order valence-electron chi connectivity index (χ1n) is 10.6.